The van der Waals surface area contributed by atoms with Gasteiger partial charge in [0.05, 0.1) is 0 Å². The molecule has 1 aliphatic rings. The highest BCUT2D eigenvalue weighted by molar-refractivity contribution is 5.09. The molecule has 0 aromatic heterocycles. The molecular weight excluding hydrogens is 108 g/mol. The fourth-order valence-corrected chi connectivity index (χ4v) is 1.45. The van der Waals surface area contributed by atoms with Crippen LogP contribution in [0.2, 0.25) is 0 Å². The minimum Gasteiger partial charge on any atom is -0.129 e. The Morgan fingerprint density at radius 3 is 2.44 bits per heavy atom. The molecule has 9 heavy (non-hydrogen) atoms. The third-order valence-electron chi connectivity index (χ3n) is 2.50. The van der Waals surface area contributed by atoms with Gasteiger partial charge in [0, 0.05) is 0 Å². The molecule has 2 atom stereocenters. The summed E-state index contributed by atoms with van der Waals surface area (Å²) in [5, 5.41) is 0. The molecular formula is C9H14. The highest BCUT2D eigenvalue weighted by Gasteiger charge is 2.22. The van der Waals surface area contributed by atoms with Crippen LogP contribution in [0.15, 0.2) is 17.9 Å². The van der Waals surface area contributed by atoms with Crippen molar-refractivity contribution in [2.24, 2.45) is 11.8 Å². The minimum absolute atomic E-state index is 0.738. The Hall–Kier alpha value is -0.480. The first-order chi connectivity index (χ1) is 4.25. The van der Waals surface area contributed by atoms with Crippen LogP contribution in [-0.4, -0.2) is 0 Å². The molecule has 0 heteroatoms. The molecule has 0 bridgehead atoms. The van der Waals surface area contributed by atoms with E-state index in [0.717, 1.165) is 11.8 Å². The molecule has 1 saturated carbocycles. The molecule has 50 valence electrons. The SMILES string of the molecule is C=C=C1CCC(C)C1C. The van der Waals surface area contributed by atoms with Crippen molar-refractivity contribution in [2.45, 2.75) is 26.7 Å². The zero-order valence-electron chi connectivity index (χ0n) is 6.28. The third-order valence-corrected chi connectivity index (χ3v) is 2.50. The normalized spacial score (nSPS) is 34.7. The molecule has 0 aromatic rings. The summed E-state index contributed by atoms with van der Waals surface area (Å²) in [6.07, 6.45) is 2.56. The van der Waals surface area contributed by atoms with Crippen molar-refractivity contribution in [3.63, 3.8) is 0 Å². The lowest BCUT2D eigenvalue weighted by Crippen LogP contribution is -1.98. The molecule has 0 spiro atoms. The van der Waals surface area contributed by atoms with Gasteiger partial charge in [-0.2, -0.15) is 0 Å². The molecule has 1 aliphatic carbocycles. The van der Waals surface area contributed by atoms with Crippen molar-refractivity contribution >= 4 is 0 Å². The molecule has 0 heterocycles. The highest BCUT2D eigenvalue weighted by Crippen LogP contribution is 2.34. The second kappa shape index (κ2) is 2.41. The molecule has 1 rings (SSSR count). The van der Waals surface area contributed by atoms with Crippen molar-refractivity contribution in [1.29, 1.82) is 0 Å². The molecule has 0 saturated heterocycles. The summed E-state index contributed by atoms with van der Waals surface area (Å²) < 4.78 is 0. The van der Waals surface area contributed by atoms with Gasteiger partial charge in [0.15, 0.2) is 0 Å². The molecule has 0 aliphatic heterocycles. The summed E-state index contributed by atoms with van der Waals surface area (Å²) in [7, 11) is 0. The van der Waals surface area contributed by atoms with E-state index < -0.39 is 0 Å². The summed E-state index contributed by atoms with van der Waals surface area (Å²) >= 11 is 0. The molecule has 2 unspecified atom stereocenters. The Morgan fingerprint density at radius 1 is 1.56 bits per heavy atom. The first-order valence-electron chi connectivity index (χ1n) is 3.64. The maximum Gasteiger partial charge on any atom is -0.0130 e. The summed E-state index contributed by atoms with van der Waals surface area (Å²) in [5.74, 6) is 1.59. The third kappa shape index (κ3) is 1.09. The number of hydrogen-bond acceptors (Lipinski definition) is 0. The lowest BCUT2D eigenvalue weighted by Gasteiger charge is -2.06. The van der Waals surface area contributed by atoms with Gasteiger partial charge in [-0.25, -0.2) is 0 Å². The van der Waals surface area contributed by atoms with Gasteiger partial charge in [0.25, 0.3) is 0 Å². The fourth-order valence-electron chi connectivity index (χ4n) is 1.45. The number of hydrogen-bond donors (Lipinski definition) is 0. The van der Waals surface area contributed by atoms with E-state index in [2.05, 4.69) is 26.2 Å². The molecule has 0 aromatic carbocycles. The van der Waals surface area contributed by atoms with Crippen molar-refractivity contribution in [2.75, 3.05) is 0 Å². The van der Waals surface area contributed by atoms with Crippen molar-refractivity contribution in [3.05, 3.63) is 17.9 Å². The Balaban J connectivity index is 2.73. The molecule has 0 N–H and O–H groups in total. The lowest BCUT2D eigenvalue weighted by molar-refractivity contribution is 0.494. The van der Waals surface area contributed by atoms with E-state index in [1.807, 2.05) is 0 Å². The summed E-state index contributed by atoms with van der Waals surface area (Å²) in [5.41, 5.74) is 4.44. The van der Waals surface area contributed by atoms with E-state index in [4.69, 9.17) is 0 Å². The van der Waals surface area contributed by atoms with Gasteiger partial charge in [-0.1, -0.05) is 20.4 Å². The van der Waals surface area contributed by atoms with Crippen LogP contribution in [-0.2, 0) is 0 Å². The maximum absolute atomic E-state index is 3.67. The minimum atomic E-state index is 0.738. The van der Waals surface area contributed by atoms with E-state index in [0.29, 0.717) is 0 Å². The number of allylic oxidation sites excluding steroid dienone is 1. The van der Waals surface area contributed by atoms with E-state index in [1.54, 1.807) is 0 Å². The summed E-state index contributed by atoms with van der Waals surface area (Å²) in [4.78, 5) is 0. The maximum atomic E-state index is 3.67. The van der Waals surface area contributed by atoms with Gasteiger partial charge < -0.3 is 0 Å². The van der Waals surface area contributed by atoms with Gasteiger partial charge in [-0.3, -0.25) is 0 Å². The molecule has 1 fully saturated rings. The monoisotopic (exact) mass is 122 g/mol. The Morgan fingerprint density at radius 2 is 2.22 bits per heavy atom. The average Bonchev–Trinajstić information content (AvgIpc) is 2.15. The molecule has 0 amide bonds. The second-order valence-electron chi connectivity index (χ2n) is 3.01. The Kier molecular flexibility index (Phi) is 1.78. The van der Waals surface area contributed by atoms with E-state index >= 15 is 0 Å². The summed E-state index contributed by atoms with van der Waals surface area (Å²) in [6.45, 7) is 8.24. The fraction of sp³-hybridized carbons (Fsp3) is 0.667. The smallest absolute Gasteiger partial charge is 0.0130 e. The van der Waals surface area contributed by atoms with Crippen LogP contribution in [0.25, 0.3) is 0 Å². The van der Waals surface area contributed by atoms with Crippen molar-refractivity contribution in [3.8, 4) is 0 Å². The molecule has 0 nitrogen and oxygen atoms in total. The van der Waals surface area contributed by atoms with Crippen molar-refractivity contribution < 1.29 is 0 Å². The predicted molar refractivity (Wildman–Crippen MR) is 40.2 cm³/mol. The topological polar surface area (TPSA) is 0 Å². The van der Waals surface area contributed by atoms with Crippen LogP contribution >= 0.6 is 0 Å². The van der Waals surface area contributed by atoms with E-state index in [9.17, 15) is 0 Å². The van der Waals surface area contributed by atoms with E-state index in [1.165, 1.54) is 18.4 Å². The van der Waals surface area contributed by atoms with Crippen LogP contribution in [0.5, 0.6) is 0 Å². The van der Waals surface area contributed by atoms with Crippen LogP contribution < -0.4 is 0 Å². The first-order valence-corrected chi connectivity index (χ1v) is 3.64. The standard InChI is InChI=1S/C9H14/c1-4-9-6-5-7(2)8(9)3/h7-8H,1,5-6H2,2-3H3. The van der Waals surface area contributed by atoms with Crippen LogP contribution in [0.4, 0.5) is 0 Å². The van der Waals surface area contributed by atoms with Crippen LogP contribution in [0, 0.1) is 11.8 Å². The molecule has 0 radical (unpaired) electrons. The van der Waals surface area contributed by atoms with Gasteiger partial charge in [0.2, 0.25) is 0 Å². The van der Waals surface area contributed by atoms with Gasteiger partial charge in [-0.05, 0) is 30.3 Å². The second-order valence-corrected chi connectivity index (χ2v) is 3.01. The average molecular weight is 122 g/mol. The van der Waals surface area contributed by atoms with E-state index in [-0.39, 0.29) is 0 Å². The zero-order chi connectivity index (χ0) is 6.85. The van der Waals surface area contributed by atoms with Gasteiger partial charge in [0.1, 0.15) is 0 Å². The lowest BCUT2D eigenvalue weighted by atomic mass is 9.98. The van der Waals surface area contributed by atoms with Gasteiger partial charge in [-0.15, -0.1) is 5.73 Å². The zero-order valence-corrected chi connectivity index (χ0v) is 6.28. The van der Waals surface area contributed by atoms with Gasteiger partial charge >= 0.3 is 0 Å². The first kappa shape index (κ1) is 6.64. The largest absolute Gasteiger partial charge is 0.129 e. The Bertz CT molecular complexity index is 149. The Labute approximate surface area is 57.3 Å². The van der Waals surface area contributed by atoms with Crippen molar-refractivity contribution in [1.82, 2.24) is 0 Å². The summed E-state index contributed by atoms with van der Waals surface area (Å²) in [6, 6.07) is 0. The predicted octanol–water partition coefficient (Wildman–Crippen LogP) is 2.76. The quantitative estimate of drug-likeness (QED) is 0.433. The van der Waals surface area contributed by atoms with Crippen LogP contribution in [0.3, 0.4) is 0 Å². The highest BCUT2D eigenvalue weighted by atomic mass is 14.3. The van der Waals surface area contributed by atoms with Crippen LogP contribution in [0.1, 0.15) is 26.7 Å². The number of rotatable bonds is 0.